The van der Waals surface area contributed by atoms with Crippen molar-refractivity contribution >= 4 is 10.0 Å². The summed E-state index contributed by atoms with van der Waals surface area (Å²) >= 11 is 0. The maximum Gasteiger partial charge on any atom is 0.243 e. The zero-order chi connectivity index (χ0) is 13.1. The third-order valence-electron chi connectivity index (χ3n) is 2.21. The third kappa shape index (κ3) is 3.72. The van der Waals surface area contributed by atoms with Gasteiger partial charge in [0.2, 0.25) is 10.0 Å². The first-order valence-electron chi connectivity index (χ1n) is 5.01. The summed E-state index contributed by atoms with van der Waals surface area (Å²) in [7, 11) is -4.04. The standard InChI is InChI=1S/C10H14F2N2O2S/c1-7(5-13)6-14-17(15,16)10-4-8(11)2-3-9(10)12/h2-4,7,14H,5-6,13H2,1H3. The Balaban J connectivity index is 2.93. The first kappa shape index (κ1) is 14.0. The van der Waals surface area contributed by atoms with Crippen molar-refractivity contribution in [2.24, 2.45) is 11.7 Å². The molecule has 0 amide bonds. The van der Waals surface area contributed by atoms with E-state index in [1.54, 1.807) is 6.92 Å². The number of rotatable bonds is 5. The highest BCUT2D eigenvalue weighted by molar-refractivity contribution is 7.89. The van der Waals surface area contributed by atoms with Gasteiger partial charge in [-0.2, -0.15) is 0 Å². The van der Waals surface area contributed by atoms with E-state index in [9.17, 15) is 17.2 Å². The van der Waals surface area contributed by atoms with Crippen LogP contribution in [0.3, 0.4) is 0 Å². The molecule has 0 saturated carbocycles. The van der Waals surface area contributed by atoms with Gasteiger partial charge in [0, 0.05) is 6.54 Å². The molecular formula is C10H14F2N2O2S. The van der Waals surface area contributed by atoms with Crippen LogP contribution in [0.4, 0.5) is 8.78 Å². The smallest absolute Gasteiger partial charge is 0.243 e. The zero-order valence-electron chi connectivity index (χ0n) is 9.28. The molecule has 1 rings (SSSR count). The van der Waals surface area contributed by atoms with Crippen molar-refractivity contribution in [3.8, 4) is 0 Å². The van der Waals surface area contributed by atoms with Crippen LogP contribution in [0, 0.1) is 17.6 Å². The number of nitrogens with two attached hydrogens (primary N) is 1. The molecule has 0 fully saturated rings. The molecule has 0 aliphatic heterocycles. The Labute approximate surface area is 98.9 Å². The predicted octanol–water partition coefficient (Wildman–Crippen LogP) is 0.838. The molecular weight excluding hydrogens is 250 g/mol. The first-order valence-corrected chi connectivity index (χ1v) is 6.50. The van der Waals surface area contributed by atoms with Crippen molar-refractivity contribution in [2.75, 3.05) is 13.1 Å². The van der Waals surface area contributed by atoms with Gasteiger partial charge in [0.05, 0.1) is 0 Å². The minimum atomic E-state index is -4.04. The minimum Gasteiger partial charge on any atom is -0.330 e. The molecule has 1 aromatic carbocycles. The largest absolute Gasteiger partial charge is 0.330 e. The van der Waals surface area contributed by atoms with Crippen molar-refractivity contribution in [1.82, 2.24) is 4.72 Å². The molecule has 0 spiro atoms. The van der Waals surface area contributed by atoms with E-state index >= 15 is 0 Å². The fourth-order valence-electron chi connectivity index (χ4n) is 1.10. The summed E-state index contributed by atoms with van der Waals surface area (Å²) in [6.45, 7) is 2.12. The van der Waals surface area contributed by atoms with Gasteiger partial charge in [-0.05, 0) is 30.7 Å². The second-order valence-electron chi connectivity index (χ2n) is 3.77. The van der Waals surface area contributed by atoms with Crippen LogP contribution in [0.1, 0.15) is 6.92 Å². The van der Waals surface area contributed by atoms with E-state index in [0.717, 1.165) is 12.1 Å². The van der Waals surface area contributed by atoms with Crippen LogP contribution in [0.25, 0.3) is 0 Å². The highest BCUT2D eigenvalue weighted by Crippen LogP contribution is 2.15. The summed E-state index contributed by atoms with van der Waals surface area (Å²) in [5.74, 6) is -1.88. The monoisotopic (exact) mass is 264 g/mol. The van der Waals surface area contributed by atoms with Crippen LogP contribution in [0.15, 0.2) is 23.1 Å². The lowest BCUT2D eigenvalue weighted by Gasteiger charge is -2.11. The van der Waals surface area contributed by atoms with E-state index in [-0.39, 0.29) is 12.5 Å². The van der Waals surface area contributed by atoms with E-state index < -0.39 is 26.6 Å². The van der Waals surface area contributed by atoms with Crippen LogP contribution < -0.4 is 10.5 Å². The molecule has 0 aromatic heterocycles. The molecule has 1 atom stereocenters. The summed E-state index contributed by atoms with van der Waals surface area (Å²) in [4.78, 5) is -0.693. The summed E-state index contributed by atoms with van der Waals surface area (Å²) in [6, 6.07) is 2.28. The number of hydrogen-bond acceptors (Lipinski definition) is 3. The van der Waals surface area contributed by atoms with E-state index in [4.69, 9.17) is 5.73 Å². The maximum absolute atomic E-state index is 13.3. The molecule has 0 radical (unpaired) electrons. The second kappa shape index (κ2) is 5.52. The minimum absolute atomic E-state index is 0.0782. The predicted molar refractivity (Wildman–Crippen MR) is 59.8 cm³/mol. The zero-order valence-corrected chi connectivity index (χ0v) is 10.1. The molecule has 0 bridgehead atoms. The second-order valence-corrected chi connectivity index (χ2v) is 5.50. The molecule has 0 saturated heterocycles. The molecule has 0 heterocycles. The average Bonchev–Trinajstić information content (AvgIpc) is 2.29. The maximum atomic E-state index is 13.3. The SMILES string of the molecule is CC(CN)CNS(=O)(=O)c1cc(F)ccc1F. The van der Waals surface area contributed by atoms with E-state index in [1.807, 2.05) is 0 Å². The first-order chi connectivity index (χ1) is 7.86. The van der Waals surface area contributed by atoms with E-state index in [0.29, 0.717) is 12.6 Å². The van der Waals surface area contributed by atoms with Crippen LogP contribution >= 0.6 is 0 Å². The molecule has 1 unspecified atom stereocenters. The van der Waals surface area contributed by atoms with Crippen molar-refractivity contribution < 1.29 is 17.2 Å². The summed E-state index contributed by atoms with van der Waals surface area (Å²) in [5.41, 5.74) is 5.33. The molecule has 1 aromatic rings. The van der Waals surface area contributed by atoms with Crippen molar-refractivity contribution in [3.63, 3.8) is 0 Å². The van der Waals surface area contributed by atoms with E-state index in [2.05, 4.69) is 4.72 Å². The number of halogens is 2. The number of nitrogens with one attached hydrogen (secondary N) is 1. The third-order valence-corrected chi connectivity index (χ3v) is 3.65. The fraction of sp³-hybridized carbons (Fsp3) is 0.400. The van der Waals surface area contributed by atoms with Crippen molar-refractivity contribution in [2.45, 2.75) is 11.8 Å². The van der Waals surface area contributed by atoms with Crippen LogP contribution in [-0.4, -0.2) is 21.5 Å². The number of benzene rings is 1. The molecule has 7 heteroatoms. The fourth-order valence-corrected chi connectivity index (χ4v) is 2.35. The Morgan fingerprint density at radius 2 is 2.06 bits per heavy atom. The van der Waals surface area contributed by atoms with Gasteiger partial charge in [-0.1, -0.05) is 6.92 Å². The molecule has 3 N–H and O–H groups in total. The number of hydrogen-bond donors (Lipinski definition) is 2. The Bertz CT molecular complexity index is 491. The van der Waals surface area contributed by atoms with Gasteiger partial charge in [-0.15, -0.1) is 0 Å². The van der Waals surface area contributed by atoms with Gasteiger partial charge < -0.3 is 5.73 Å². The molecule has 0 aliphatic carbocycles. The lowest BCUT2D eigenvalue weighted by atomic mass is 10.2. The van der Waals surface area contributed by atoms with E-state index in [1.165, 1.54) is 0 Å². The summed E-state index contributed by atoms with van der Waals surface area (Å²) in [5, 5.41) is 0. The summed E-state index contributed by atoms with van der Waals surface area (Å²) < 4.78 is 51.6. The number of sulfonamides is 1. The van der Waals surface area contributed by atoms with Gasteiger partial charge in [0.1, 0.15) is 16.5 Å². The Kier molecular flexibility index (Phi) is 4.55. The molecule has 96 valence electrons. The molecule has 0 aliphatic rings. The van der Waals surface area contributed by atoms with Crippen LogP contribution in [0.2, 0.25) is 0 Å². The lowest BCUT2D eigenvalue weighted by Crippen LogP contribution is -2.31. The van der Waals surface area contributed by atoms with Crippen LogP contribution in [0.5, 0.6) is 0 Å². The Hall–Kier alpha value is -1.05. The van der Waals surface area contributed by atoms with Gasteiger partial charge >= 0.3 is 0 Å². The summed E-state index contributed by atoms with van der Waals surface area (Å²) in [6.07, 6.45) is 0. The van der Waals surface area contributed by atoms with Gasteiger partial charge in [-0.3, -0.25) is 0 Å². The van der Waals surface area contributed by atoms with Crippen molar-refractivity contribution in [1.29, 1.82) is 0 Å². The highest BCUT2D eigenvalue weighted by atomic mass is 32.2. The quantitative estimate of drug-likeness (QED) is 0.827. The molecule has 17 heavy (non-hydrogen) atoms. The van der Waals surface area contributed by atoms with Crippen LogP contribution in [-0.2, 0) is 10.0 Å². The van der Waals surface area contributed by atoms with Crippen molar-refractivity contribution in [3.05, 3.63) is 29.8 Å². The highest BCUT2D eigenvalue weighted by Gasteiger charge is 2.20. The Morgan fingerprint density at radius 3 is 2.65 bits per heavy atom. The van der Waals surface area contributed by atoms with Gasteiger partial charge in [0.25, 0.3) is 0 Å². The molecule has 4 nitrogen and oxygen atoms in total. The topological polar surface area (TPSA) is 72.2 Å². The normalized spacial score (nSPS) is 13.6. The Morgan fingerprint density at radius 1 is 1.41 bits per heavy atom. The average molecular weight is 264 g/mol. The van der Waals surface area contributed by atoms with Gasteiger partial charge in [0.15, 0.2) is 0 Å². The van der Waals surface area contributed by atoms with Gasteiger partial charge in [-0.25, -0.2) is 21.9 Å². The lowest BCUT2D eigenvalue weighted by molar-refractivity contribution is 0.528.